The molecule has 1 rings (SSSR count). The molecule has 5 nitrogen and oxygen atoms in total. The van der Waals surface area contributed by atoms with Crippen LogP contribution in [0.4, 0.5) is 5.13 Å². The molecule has 0 radical (unpaired) electrons. The average molecular weight is 256 g/mol. The van der Waals surface area contributed by atoms with Crippen LogP contribution in [0.3, 0.4) is 0 Å². The molecule has 0 fully saturated rings. The lowest BCUT2D eigenvalue weighted by atomic mass is 10.2. The van der Waals surface area contributed by atoms with E-state index in [0.717, 1.165) is 23.1 Å². The van der Waals surface area contributed by atoms with Gasteiger partial charge in [0.1, 0.15) is 5.01 Å². The van der Waals surface area contributed by atoms with Crippen molar-refractivity contribution in [3.8, 4) is 0 Å². The number of nitrogens with zero attached hydrogens (tertiary/aromatic N) is 3. The minimum absolute atomic E-state index is 0.000234. The van der Waals surface area contributed by atoms with Crippen LogP contribution < -0.4 is 10.2 Å². The first-order chi connectivity index (χ1) is 8.08. The fourth-order valence-electron chi connectivity index (χ4n) is 1.35. The van der Waals surface area contributed by atoms with Crippen LogP contribution in [0.5, 0.6) is 0 Å². The third-order valence-corrected chi connectivity index (χ3v) is 3.59. The largest absolute Gasteiger partial charge is 0.358 e. The van der Waals surface area contributed by atoms with Gasteiger partial charge in [-0.25, -0.2) is 0 Å². The highest BCUT2D eigenvalue weighted by atomic mass is 32.1. The SMILES string of the molecule is CCCN(CC(=O)NC)c1nnc(C(C)C)s1. The number of anilines is 1. The first-order valence-electron chi connectivity index (χ1n) is 5.87. The van der Waals surface area contributed by atoms with Crippen LogP contribution in [-0.2, 0) is 4.79 Å². The zero-order valence-electron chi connectivity index (χ0n) is 10.9. The van der Waals surface area contributed by atoms with E-state index >= 15 is 0 Å². The molecular formula is C11H20N4OS. The number of hydrogen-bond donors (Lipinski definition) is 1. The molecule has 0 aliphatic heterocycles. The summed E-state index contributed by atoms with van der Waals surface area (Å²) in [6.07, 6.45) is 0.980. The van der Waals surface area contributed by atoms with Crippen molar-refractivity contribution in [1.29, 1.82) is 0 Å². The Kier molecular flexibility index (Phi) is 5.34. The van der Waals surface area contributed by atoms with E-state index < -0.39 is 0 Å². The second kappa shape index (κ2) is 6.54. The lowest BCUT2D eigenvalue weighted by Crippen LogP contribution is -2.36. The number of carbonyl (C=O) groups excluding carboxylic acids is 1. The zero-order chi connectivity index (χ0) is 12.8. The molecule has 0 saturated heterocycles. The zero-order valence-corrected chi connectivity index (χ0v) is 11.7. The van der Waals surface area contributed by atoms with Gasteiger partial charge in [0.15, 0.2) is 0 Å². The molecule has 0 aliphatic carbocycles. The number of nitrogens with one attached hydrogen (secondary N) is 1. The summed E-state index contributed by atoms with van der Waals surface area (Å²) in [5, 5.41) is 12.8. The Bertz CT molecular complexity index is 364. The molecular weight excluding hydrogens is 236 g/mol. The van der Waals surface area contributed by atoms with Crippen LogP contribution in [-0.4, -0.2) is 36.2 Å². The molecule has 0 atom stereocenters. The van der Waals surface area contributed by atoms with Crippen LogP contribution >= 0.6 is 11.3 Å². The van der Waals surface area contributed by atoms with Crippen LogP contribution in [0.1, 0.15) is 38.1 Å². The van der Waals surface area contributed by atoms with Gasteiger partial charge in [-0.05, 0) is 6.42 Å². The average Bonchev–Trinajstić information content (AvgIpc) is 2.77. The molecule has 1 N–H and O–H groups in total. The fraction of sp³-hybridized carbons (Fsp3) is 0.727. The maximum Gasteiger partial charge on any atom is 0.239 e. The maximum atomic E-state index is 11.4. The Morgan fingerprint density at radius 1 is 1.47 bits per heavy atom. The van der Waals surface area contributed by atoms with Crippen molar-refractivity contribution in [2.75, 3.05) is 25.0 Å². The number of hydrogen-bond acceptors (Lipinski definition) is 5. The minimum atomic E-state index is -0.000234. The molecule has 0 spiro atoms. The quantitative estimate of drug-likeness (QED) is 0.840. The molecule has 0 aromatic carbocycles. The molecule has 1 heterocycles. The topological polar surface area (TPSA) is 58.1 Å². The maximum absolute atomic E-state index is 11.4. The molecule has 0 saturated carbocycles. The summed E-state index contributed by atoms with van der Waals surface area (Å²) in [6.45, 7) is 7.43. The number of likely N-dealkylation sites (N-methyl/N-ethyl adjacent to an activating group) is 1. The van der Waals surface area contributed by atoms with Crippen molar-refractivity contribution >= 4 is 22.4 Å². The summed E-state index contributed by atoms with van der Waals surface area (Å²) >= 11 is 1.57. The fourth-order valence-corrected chi connectivity index (χ4v) is 2.22. The molecule has 6 heteroatoms. The monoisotopic (exact) mass is 256 g/mol. The van der Waals surface area contributed by atoms with Crippen molar-refractivity contribution in [2.24, 2.45) is 0 Å². The van der Waals surface area contributed by atoms with Gasteiger partial charge in [0.25, 0.3) is 0 Å². The summed E-state index contributed by atoms with van der Waals surface area (Å²) in [5.41, 5.74) is 0. The van der Waals surface area contributed by atoms with Gasteiger partial charge < -0.3 is 10.2 Å². The Balaban J connectivity index is 2.77. The highest BCUT2D eigenvalue weighted by molar-refractivity contribution is 7.15. The van der Waals surface area contributed by atoms with Gasteiger partial charge in [-0.15, -0.1) is 10.2 Å². The predicted molar refractivity (Wildman–Crippen MR) is 70.6 cm³/mol. The summed E-state index contributed by atoms with van der Waals surface area (Å²) in [5.74, 6) is 0.379. The van der Waals surface area contributed by atoms with E-state index in [4.69, 9.17) is 0 Å². The van der Waals surface area contributed by atoms with Crippen molar-refractivity contribution in [3.63, 3.8) is 0 Å². The Hall–Kier alpha value is -1.17. The van der Waals surface area contributed by atoms with Crippen molar-refractivity contribution in [2.45, 2.75) is 33.1 Å². The molecule has 96 valence electrons. The van der Waals surface area contributed by atoms with Gasteiger partial charge >= 0.3 is 0 Å². The lowest BCUT2D eigenvalue weighted by Gasteiger charge is -2.19. The number of aromatic nitrogens is 2. The van der Waals surface area contributed by atoms with E-state index in [-0.39, 0.29) is 5.91 Å². The minimum Gasteiger partial charge on any atom is -0.358 e. The van der Waals surface area contributed by atoms with E-state index in [9.17, 15) is 4.79 Å². The van der Waals surface area contributed by atoms with Crippen molar-refractivity contribution in [3.05, 3.63) is 5.01 Å². The van der Waals surface area contributed by atoms with Gasteiger partial charge in [-0.2, -0.15) is 0 Å². The van der Waals surface area contributed by atoms with Crippen LogP contribution in [0, 0.1) is 0 Å². The van der Waals surface area contributed by atoms with E-state index in [1.165, 1.54) is 0 Å². The van der Waals surface area contributed by atoms with Crippen molar-refractivity contribution in [1.82, 2.24) is 15.5 Å². The third kappa shape index (κ3) is 3.96. The number of rotatable bonds is 6. The molecule has 1 aromatic heterocycles. The predicted octanol–water partition coefficient (Wildman–Crippen LogP) is 1.62. The Labute approximate surface area is 106 Å². The van der Waals surface area contributed by atoms with Gasteiger partial charge in [-0.1, -0.05) is 32.1 Å². The summed E-state index contributed by atoms with van der Waals surface area (Å²) in [7, 11) is 1.64. The standard InChI is InChI=1S/C11H20N4OS/c1-5-6-15(7-9(16)12-4)11-14-13-10(17-11)8(2)3/h8H,5-7H2,1-4H3,(H,12,16). The molecule has 0 bridgehead atoms. The van der Waals surface area contributed by atoms with E-state index in [2.05, 4.69) is 36.3 Å². The molecule has 17 heavy (non-hydrogen) atoms. The second-order valence-electron chi connectivity index (χ2n) is 4.17. The molecule has 0 unspecified atom stereocenters. The van der Waals surface area contributed by atoms with Crippen LogP contribution in [0.15, 0.2) is 0 Å². The van der Waals surface area contributed by atoms with Gasteiger partial charge in [0, 0.05) is 19.5 Å². The van der Waals surface area contributed by atoms with Gasteiger partial charge in [0.05, 0.1) is 6.54 Å². The summed E-state index contributed by atoms with van der Waals surface area (Å²) in [4.78, 5) is 13.4. The van der Waals surface area contributed by atoms with Gasteiger partial charge in [-0.3, -0.25) is 4.79 Å². The normalized spacial score (nSPS) is 10.6. The third-order valence-electron chi connectivity index (χ3n) is 2.30. The molecule has 1 aromatic rings. The van der Waals surface area contributed by atoms with Crippen molar-refractivity contribution < 1.29 is 4.79 Å². The van der Waals surface area contributed by atoms with Crippen LogP contribution in [0.2, 0.25) is 0 Å². The summed E-state index contributed by atoms with van der Waals surface area (Å²) in [6, 6.07) is 0. The van der Waals surface area contributed by atoms with E-state index in [0.29, 0.717) is 12.5 Å². The first kappa shape index (κ1) is 13.9. The Morgan fingerprint density at radius 3 is 2.65 bits per heavy atom. The molecule has 1 amide bonds. The highest BCUT2D eigenvalue weighted by Gasteiger charge is 2.15. The van der Waals surface area contributed by atoms with E-state index in [1.807, 2.05) is 4.90 Å². The van der Waals surface area contributed by atoms with Gasteiger partial charge in [0.2, 0.25) is 11.0 Å². The summed E-state index contributed by atoms with van der Waals surface area (Å²) < 4.78 is 0. The second-order valence-corrected chi connectivity index (χ2v) is 5.16. The lowest BCUT2D eigenvalue weighted by molar-refractivity contribution is -0.119. The first-order valence-corrected chi connectivity index (χ1v) is 6.69. The molecule has 0 aliphatic rings. The van der Waals surface area contributed by atoms with E-state index in [1.54, 1.807) is 18.4 Å². The number of amides is 1. The van der Waals surface area contributed by atoms with Crippen LogP contribution in [0.25, 0.3) is 0 Å². The number of carbonyl (C=O) groups is 1. The Morgan fingerprint density at radius 2 is 2.18 bits per heavy atom. The highest BCUT2D eigenvalue weighted by Crippen LogP contribution is 2.25. The smallest absolute Gasteiger partial charge is 0.239 e.